The van der Waals surface area contributed by atoms with Crippen LogP contribution in [0.25, 0.3) is 11.1 Å². The Bertz CT molecular complexity index is 666. The first-order valence-electron chi connectivity index (χ1n) is 5.49. The second-order valence-corrected chi connectivity index (χ2v) is 4.99. The molecule has 0 aliphatic rings. The Kier molecular flexibility index (Phi) is 3.85. The molecule has 2 aromatic rings. The number of carboxylic acid groups (broad SMARTS) is 1. The Morgan fingerprint density at radius 3 is 2.25 bits per heavy atom. The van der Waals surface area contributed by atoms with Gasteiger partial charge in [-0.3, -0.25) is 0 Å². The molecule has 1 N–H and O–H groups in total. The Labute approximate surface area is 121 Å². The molecule has 6 heteroatoms. The lowest BCUT2D eigenvalue weighted by molar-refractivity contribution is -0.138. The van der Waals surface area contributed by atoms with Crippen molar-refractivity contribution in [1.29, 1.82) is 0 Å². The standard InChI is InChI=1S/C14H8BrF3O2/c15-10-3-1-2-8(6-10)9-4-5-11(13(19)20)12(7-9)14(16,17)18/h1-7H,(H,19,20). The van der Waals surface area contributed by atoms with Crippen molar-refractivity contribution in [3.05, 3.63) is 58.1 Å². The third kappa shape index (κ3) is 3.01. The van der Waals surface area contributed by atoms with Gasteiger partial charge in [-0.05, 0) is 35.4 Å². The van der Waals surface area contributed by atoms with Gasteiger partial charge in [-0.15, -0.1) is 0 Å². The molecule has 20 heavy (non-hydrogen) atoms. The fraction of sp³-hybridized carbons (Fsp3) is 0.0714. The Morgan fingerprint density at radius 1 is 1.05 bits per heavy atom. The quantitative estimate of drug-likeness (QED) is 0.846. The second kappa shape index (κ2) is 5.28. The highest BCUT2D eigenvalue weighted by Gasteiger charge is 2.35. The summed E-state index contributed by atoms with van der Waals surface area (Å²) in [7, 11) is 0. The SMILES string of the molecule is O=C(O)c1ccc(-c2cccc(Br)c2)cc1C(F)(F)F. The van der Waals surface area contributed by atoms with E-state index in [4.69, 9.17) is 5.11 Å². The number of benzene rings is 2. The van der Waals surface area contributed by atoms with Gasteiger partial charge in [0, 0.05) is 4.47 Å². The zero-order valence-corrected chi connectivity index (χ0v) is 11.5. The molecule has 0 bridgehead atoms. The van der Waals surface area contributed by atoms with Crippen LogP contribution in [0.5, 0.6) is 0 Å². The third-order valence-electron chi connectivity index (χ3n) is 2.71. The van der Waals surface area contributed by atoms with E-state index in [2.05, 4.69) is 15.9 Å². The summed E-state index contributed by atoms with van der Waals surface area (Å²) in [6, 6.07) is 9.95. The molecule has 104 valence electrons. The molecule has 0 aromatic heterocycles. The van der Waals surface area contributed by atoms with Crippen molar-refractivity contribution in [2.24, 2.45) is 0 Å². The van der Waals surface area contributed by atoms with E-state index in [1.807, 2.05) is 0 Å². The van der Waals surface area contributed by atoms with Crippen molar-refractivity contribution in [3.8, 4) is 11.1 Å². The van der Waals surface area contributed by atoms with Gasteiger partial charge in [0.2, 0.25) is 0 Å². The van der Waals surface area contributed by atoms with Crippen molar-refractivity contribution in [2.45, 2.75) is 6.18 Å². The number of carbonyl (C=O) groups is 1. The van der Waals surface area contributed by atoms with E-state index in [1.54, 1.807) is 24.3 Å². The van der Waals surface area contributed by atoms with Crippen LogP contribution in [0.1, 0.15) is 15.9 Å². The summed E-state index contributed by atoms with van der Waals surface area (Å²) in [6.45, 7) is 0. The van der Waals surface area contributed by atoms with Crippen LogP contribution < -0.4 is 0 Å². The molecule has 0 spiro atoms. The first-order chi connectivity index (χ1) is 9.29. The molecule has 0 amide bonds. The number of hydrogen-bond acceptors (Lipinski definition) is 1. The van der Waals surface area contributed by atoms with Crippen LogP contribution in [-0.2, 0) is 6.18 Å². The molecular formula is C14H8BrF3O2. The van der Waals surface area contributed by atoms with E-state index >= 15 is 0 Å². The molecule has 2 nitrogen and oxygen atoms in total. The van der Waals surface area contributed by atoms with Gasteiger partial charge in [0.15, 0.2) is 0 Å². The molecule has 0 fully saturated rings. The van der Waals surface area contributed by atoms with Gasteiger partial charge in [-0.25, -0.2) is 4.79 Å². The van der Waals surface area contributed by atoms with Gasteiger partial charge in [0.25, 0.3) is 0 Å². The van der Waals surface area contributed by atoms with E-state index in [0.717, 1.165) is 16.6 Å². The topological polar surface area (TPSA) is 37.3 Å². The van der Waals surface area contributed by atoms with Crippen molar-refractivity contribution < 1.29 is 23.1 Å². The van der Waals surface area contributed by atoms with Crippen molar-refractivity contribution in [1.82, 2.24) is 0 Å². The van der Waals surface area contributed by atoms with Gasteiger partial charge >= 0.3 is 12.1 Å². The maximum absolute atomic E-state index is 12.9. The monoisotopic (exact) mass is 344 g/mol. The Morgan fingerprint density at radius 2 is 1.70 bits per heavy atom. The minimum Gasteiger partial charge on any atom is -0.478 e. The minimum atomic E-state index is -4.71. The van der Waals surface area contributed by atoms with E-state index in [1.165, 1.54) is 6.07 Å². The van der Waals surface area contributed by atoms with Crippen LogP contribution in [0, 0.1) is 0 Å². The van der Waals surface area contributed by atoms with E-state index in [-0.39, 0.29) is 0 Å². The first-order valence-corrected chi connectivity index (χ1v) is 6.29. The first kappa shape index (κ1) is 14.6. The summed E-state index contributed by atoms with van der Waals surface area (Å²) >= 11 is 3.24. The summed E-state index contributed by atoms with van der Waals surface area (Å²) in [5, 5.41) is 8.83. The molecule has 2 rings (SSSR count). The molecule has 0 saturated carbocycles. The average molecular weight is 345 g/mol. The van der Waals surface area contributed by atoms with Gasteiger partial charge in [0.1, 0.15) is 0 Å². The molecule has 2 aromatic carbocycles. The summed E-state index contributed by atoms with van der Waals surface area (Å²) in [6.07, 6.45) is -4.71. The molecular weight excluding hydrogens is 337 g/mol. The highest BCUT2D eigenvalue weighted by Crippen LogP contribution is 2.35. The molecule has 0 atom stereocenters. The molecule has 0 saturated heterocycles. The number of halogens is 4. The van der Waals surface area contributed by atoms with Crippen molar-refractivity contribution >= 4 is 21.9 Å². The Hall–Kier alpha value is -1.82. The number of carboxylic acids is 1. The lowest BCUT2D eigenvalue weighted by Crippen LogP contribution is -2.12. The van der Waals surface area contributed by atoms with E-state index in [9.17, 15) is 18.0 Å². The third-order valence-corrected chi connectivity index (χ3v) is 3.21. The number of aromatic carboxylic acids is 1. The number of rotatable bonds is 2. The molecule has 0 aliphatic carbocycles. The molecule has 0 unspecified atom stereocenters. The predicted octanol–water partition coefficient (Wildman–Crippen LogP) is 4.83. The summed E-state index contributed by atoms with van der Waals surface area (Å²) < 4.78 is 39.5. The predicted molar refractivity (Wildman–Crippen MR) is 71.5 cm³/mol. The van der Waals surface area contributed by atoms with Crippen LogP contribution in [0.4, 0.5) is 13.2 Å². The summed E-state index contributed by atoms with van der Waals surface area (Å²) in [4.78, 5) is 10.9. The Balaban J connectivity index is 2.61. The molecule has 0 radical (unpaired) electrons. The highest BCUT2D eigenvalue weighted by atomic mass is 79.9. The zero-order chi connectivity index (χ0) is 14.9. The highest BCUT2D eigenvalue weighted by molar-refractivity contribution is 9.10. The van der Waals surface area contributed by atoms with Crippen LogP contribution in [0.2, 0.25) is 0 Å². The van der Waals surface area contributed by atoms with Crippen LogP contribution in [0.3, 0.4) is 0 Å². The van der Waals surface area contributed by atoms with Crippen LogP contribution in [-0.4, -0.2) is 11.1 Å². The van der Waals surface area contributed by atoms with Crippen molar-refractivity contribution in [3.63, 3.8) is 0 Å². The normalized spacial score (nSPS) is 11.4. The fourth-order valence-corrected chi connectivity index (χ4v) is 2.21. The smallest absolute Gasteiger partial charge is 0.417 e. The maximum atomic E-state index is 12.9. The van der Waals surface area contributed by atoms with E-state index < -0.39 is 23.3 Å². The van der Waals surface area contributed by atoms with Crippen molar-refractivity contribution in [2.75, 3.05) is 0 Å². The number of alkyl halides is 3. The largest absolute Gasteiger partial charge is 0.478 e. The maximum Gasteiger partial charge on any atom is 0.417 e. The molecule has 0 heterocycles. The van der Waals surface area contributed by atoms with Crippen LogP contribution >= 0.6 is 15.9 Å². The second-order valence-electron chi connectivity index (χ2n) is 4.07. The fourth-order valence-electron chi connectivity index (χ4n) is 1.81. The zero-order valence-electron chi connectivity index (χ0n) is 9.91. The summed E-state index contributed by atoms with van der Waals surface area (Å²) in [5.74, 6) is -1.60. The average Bonchev–Trinajstić information content (AvgIpc) is 2.37. The lowest BCUT2D eigenvalue weighted by Gasteiger charge is -2.12. The van der Waals surface area contributed by atoms with Gasteiger partial charge in [-0.1, -0.05) is 34.1 Å². The van der Waals surface area contributed by atoms with Gasteiger partial charge in [0.05, 0.1) is 11.1 Å². The van der Waals surface area contributed by atoms with Gasteiger partial charge < -0.3 is 5.11 Å². The molecule has 0 aliphatic heterocycles. The van der Waals surface area contributed by atoms with Crippen LogP contribution in [0.15, 0.2) is 46.9 Å². The van der Waals surface area contributed by atoms with E-state index in [0.29, 0.717) is 11.1 Å². The van der Waals surface area contributed by atoms with Gasteiger partial charge in [-0.2, -0.15) is 13.2 Å². The summed E-state index contributed by atoms with van der Waals surface area (Å²) in [5.41, 5.74) is -1.02. The lowest BCUT2D eigenvalue weighted by atomic mass is 9.99. The number of hydrogen-bond donors (Lipinski definition) is 1. The minimum absolute atomic E-state index is 0.309.